The van der Waals surface area contributed by atoms with E-state index in [-0.39, 0.29) is 0 Å². The number of nitrogens with zero attached hydrogens (tertiary/aromatic N) is 1. The summed E-state index contributed by atoms with van der Waals surface area (Å²) < 4.78 is 32.4. The Morgan fingerprint density at radius 3 is 2.81 bits per heavy atom. The van der Waals surface area contributed by atoms with Crippen LogP contribution in [-0.4, -0.2) is 38.1 Å². The molecule has 5 nitrogen and oxygen atoms in total. The summed E-state index contributed by atoms with van der Waals surface area (Å²) in [5.74, 6) is -0.968. The predicted molar refractivity (Wildman–Crippen MR) is 85.6 cm³/mol. The summed E-state index contributed by atoms with van der Waals surface area (Å²) >= 11 is 4.89. The molecule has 0 amide bonds. The molecule has 0 aromatic carbocycles. The number of esters is 1. The third-order valence-electron chi connectivity index (χ3n) is 3.80. The van der Waals surface area contributed by atoms with Crippen LogP contribution in [0.25, 0.3) is 0 Å². The summed E-state index contributed by atoms with van der Waals surface area (Å²) in [4.78, 5) is 11.7. The Balaban J connectivity index is 2.14. The van der Waals surface area contributed by atoms with Crippen molar-refractivity contribution in [3.63, 3.8) is 0 Å². The maximum Gasteiger partial charge on any atom is 0.310 e. The summed E-state index contributed by atoms with van der Waals surface area (Å²) in [6.07, 6.45) is 1.83. The lowest BCUT2D eigenvalue weighted by Gasteiger charge is -2.24. The van der Waals surface area contributed by atoms with Gasteiger partial charge in [0.15, 0.2) is 0 Å². The Labute approximate surface area is 137 Å². The average Bonchev–Trinajstić information content (AvgIpc) is 3.07. The number of carbonyl (C=O) groups excluding carboxylic acids is 1. The van der Waals surface area contributed by atoms with Gasteiger partial charge in [-0.1, -0.05) is 6.42 Å². The lowest BCUT2D eigenvalue weighted by Crippen LogP contribution is -2.40. The molecule has 1 aromatic heterocycles. The second-order valence-electron chi connectivity index (χ2n) is 5.16. The Hall–Kier alpha value is -0.440. The van der Waals surface area contributed by atoms with Crippen LogP contribution in [0.15, 0.2) is 15.2 Å². The number of sulfonamides is 1. The molecular formula is C13H18BrNO4S2. The molecular weight excluding hydrogens is 378 g/mol. The van der Waals surface area contributed by atoms with E-state index >= 15 is 0 Å². The van der Waals surface area contributed by atoms with Gasteiger partial charge in [-0.05, 0) is 45.8 Å². The van der Waals surface area contributed by atoms with Crippen LogP contribution in [0, 0.1) is 5.92 Å². The smallest absolute Gasteiger partial charge is 0.310 e. The molecule has 21 heavy (non-hydrogen) atoms. The van der Waals surface area contributed by atoms with Crippen LogP contribution in [0.4, 0.5) is 0 Å². The van der Waals surface area contributed by atoms with E-state index in [1.165, 1.54) is 22.8 Å². The van der Waals surface area contributed by atoms with E-state index in [1.807, 2.05) is 11.4 Å². The maximum atomic E-state index is 12.7. The zero-order chi connectivity index (χ0) is 15.6. The molecule has 0 saturated heterocycles. The van der Waals surface area contributed by atoms with E-state index in [2.05, 4.69) is 15.9 Å². The molecule has 1 fully saturated rings. The maximum absolute atomic E-state index is 12.7. The van der Waals surface area contributed by atoms with Gasteiger partial charge in [0.25, 0.3) is 0 Å². The van der Waals surface area contributed by atoms with Gasteiger partial charge in [0.1, 0.15) is 0 Å². The molecule has 118 valence electrons. The summed E-state index contributed by atoms with van der Waals surface area (Å²) in [6, 6.07) is 1.91. The van der Waals surface area contributed by atoms with Crippen LogP contribution in [0.2, 0.25) is 0 Å². The fourth-order valence-electron chi connectivity index (χ4n) is 2.71. The van der Waals surface area contributed by atoms with Crippen LogP contribution in [0.1, 0.15) is 24.8 Å². The molecule has 0 aliphatic heterocycles. The SMILES string of the molecule is COC(=O)C1CCCC1S(=O)(=O)N(C)Cc1csc(Br)c1. The van der Waals surface area contributed by atoms with Crippen molar-refractivity contribution < 1.29 is 17.9 Å². The summed E-state index contributed by atoms with van der Waals surface area (Å²) in [7, 11) is -0.645. The molecule has 2 atom stereocenters. The van der Waals surface area contributed by atoms with Gasteiger partial charge in [0.2, 0.25) is 10.0 Å². The molecule has 1 saturated carbocycles. The molecule has 1 aromatic rings. The minimum Gasteiger partial charge on any atom is -0.469 e. The number of hydrogen-bond donors (Lipinski definition) is 0. The van der Waals surface area contributed by atoms with E-state index in [0.717, 1.165) is 15.8 Å². The van der Waals surface area contributed by atoms with Crippen molar-refractivity contribution in [2.45, 2.75) is 31.1 Å². The van der Waals surface area contributed by atoms with Crippen LogP contribution in [-0.2, 0) is 26.1 Å². The monoisotopic (exact) mass is 395 g/mol. The van der Waals surface area contributed by atoms with Gasteiger partial charge in [-0.3, -0.25) is 4.79 Å². The van der Waals surface area contributed by atoms with Gasteiger partial charge in [-0.15, -0.1) is 11.3 Å². The van der Waals surface area contributed by atoms with Crippen molar-refractivity contribution in [2.24, 2.45) is 5.92 Å². The van der Waals surface area contributed by atoms with Gasteiger partial charge < -0.3 is 4.74 Å². The zero-order valence-corrected chi connectivity index (χ0v) is 15.1. The molecule has 2 rings (SSSR count). The van der Waals surface area contributed by atoms with Crippen molar-refractivity contribution in [3.05, 3.63) is 20.8 Å². The second kappa shape index (κ2) is 6.76. The fraction of sp³-hybridized carbons (Fsp3) is 0.615. The Morgan fingerprint density at radius 1 is 1.52 bits per heavy atom. The van der Waals surface area contributed by atoms with Crippen molar-refractivity contribution in [1.29, 1.82) is 0 Å². The standard InChI is InChI=1S/C13H18BrNO4S2/c1-15(7-9-6-12(14)20-8-9)21(17,18)11-5-3-4-10(11)13(16)19-2/h6,8,10-11H,3-5,7H2,1-2H3. The van der Waals surface area contributed by atoms with E-state index in [0.29, 0.717) is 19.4 Å². The van der Waals surface area contributed by atoms with Crippen LogP contribution < -0.4 is 0 Å². The second-order valence-corrected chi connectivity index (χ2v) is 9.71. The molecule has 0 bridgehead atoms. The van der Waals surface area contributed by atoms with Crippen molar-refractivity contribution in [2.75, 3.05) is 14.2 Å². The average molecular weight is 396 g/mol. The first kappa shape index (κ1) is 16.9. The largest absolute Gasteiger partial charge is 0.469 e. The van der Waals surface area contributed by atoms with Gasteiger partial charge in [-0.25, -0.2) is 12.7 Å². The highest BCUT2D eigenvalue weighted by Gasteiger charge is 2.43. The van der Waals surface area contributed by atoms with Crippen LogP contribution in [0.3, 0.4) is 0 Å². The number of thiophene rings is 1. The highest BCUT2D eigenvalue weighted by molar-refractivity contribution is 9.11. The highest BCUT2D eigenvalue weighted by Crippen LogP contribution is 2.34. The molecule has 1 aliphatic rings. The third-order valence-corrected chi connectivity index (χ3v) is 7.68. The Morgan fingerprint density at radius 2 is 2.24 bits per heavy atom. The van der Waals surface area contributed by atoms with E-state index in [9.17, 15) is 13.2 Å². The molecule has 0 spiro atoms. The van der Waals surface area contributed by atoms with Gasteiger partial charge in [-0.2, -0.15) is 0 Å². The quantitative estimate of drug-likeness (QED) is 0.718. The number of ether oxygens (including phenoxy) is 1. The van der Waals surface area contributed by atoms with Crippen LogP contribution >= 0.6 is 27.3 Å². The topological polar surface area (TPSA) is 63.7 Å². The van der Waals surface area contributed by atoms with Crippen molar-refractivity contribution >= 4 is 43.3 Å². The molecule has 2 unspecified atom stereocenters. The molecule has 1 aliphatic carbocycles. The number of carbonyl (C=O) groups is 1. The van der Waals surface area contributed by atoms with Gasteiger partial charge >= 0.3 is 5.97 Å². The van der Waals surface area contributed by atoms with E-state index in [1.54, 1.807) is 7.05 Å². The lowest BCUT2D eigenvalue weighted by atomic mass is 10.1. The molecule has 1 heterocycles. The predicted octanol–water partition coefficient (Wildman–Crippen LogP) is 2.61. The first-order valence-electron chi connectivity index (χ1n) is 6.62. The van der Waals surface area contributed by atoms with Crippen molar-refractivity contribution in [3.8, 4) is 0 Å². The summed E-state index contributed by atoms with van der Waals surface area (Å²) in [5.41, 5.74) is 0.936. The number of hydrogen-bond acceptors (Lipinski definition) is 5. The fourth-order valence-corrected chi connectivity index (χ4v) is 5.83. The van der Waals surface area contributed by atoms with Gasteiger partial charge in [0, 0.05) is 13.6 Å². The van der Waals surface area contributed by atoms with Gasteiger partial charge in [0.05, 0.1) is 22.1 Å². The first-order valence-corrected chi connectivity index (χ1v) is 9.79. The first-order chi connectivity index (χ1) is 9.86. The van der Waals surface area contributed by atoms with E-state index < -0.39 is 27.2 Å². The third kappa shape index (κ3) is 3.67. The lowest BCUT2D eigenvalue weighted by molar-refractivity contribution is -0.145. The summed E-state index contributed by atoms with van der Waals surface area (Å²) in [5, 5.41) is 1.25. The number of rotatable bonds is 5. The van der Waals surface area contributed by atoms with E-state index in [4.69, 9.17) is 4.74 Å². The molecule has 0 radical (unpaired) electrons. The highest BCUT2D eigenvalue weighted by atomic mass is 79.9. The summed E-state index contributed by atoms with van der Waals surface area (Å²) in [6.45, 7) is 0.314. The Kier molecular flexibility index (Phi) is 5.45. The normalized spacial score (nSPS) is 22.7. The Bertz CT molecular complexity index is 613. The minimum atomic E-state index is -3.51. The number of halogens is 1. The molecule has 0 N–H and O–H groups in total. The van der Waals surface area contributed by atoms with Crippen molar-refractivity contribution in [1.82, 2.24) is 4.31 Å². The van der Waals surface area contributed by atoms with Crippen LogP contribution in [0.5, 0.6) is 0 Å². The zero-order valence-electron chi connectivity index (χ0n) is 11.9. The number of methoxy groups -OCH3 is 1. The minimum absolute atomic E-state index is 0.314. The molecule has 8 heteroatoms.